The summed E-state index contributed by atoms with van der Waals surface area (Å²) in [6.45, 7) is 7.25. The minimum absolute atomic E-state index is 0.184. The third-order valence-corrected chi connectivity index (χ3v) is 3.84. The highest BCUT2D eigenvalue weighted by Crippen LogP contribution is 2.20. The fraction of sp³-hybridized carbons (Fsp3) is 1.00. The van der Waals surface area contributed by atoms with Crippen molar-refractivity contribution in [1.29, 1.82) is 0 Å². The maximum absolute atomic E-state index is 11.9. The predicted molar refractivity (Wildman–Crippen MR) is 73.8 cm³/mol. The lowest BCUT2D eigenvalue weighted by Crippen LogP contribution is -2.49. The van der Waals surface area contributed by atoms with Crippen LogP contribution in [0.15, 0.2) is 0 Å². The number of hydrogen-bond acceptors (Lipinski definition) is 3. The van der Waals surface area contributed by atoms with Gasteiger partial charge < -0.3 is 15.0 Å². The van der Waals surface area contributed by atoms with Crippen molar-refractivity contribution >= 4 is 0 Å². The van der Waals surface area contributed by atoms with Gasteiger partial charge in [-0.25, -0.2) is 0 Å². The standard InChI is InChI=1S/C14H27F3N2O/c1-3-12-10-19(8-6-13(12)18-4-2)7-5-9-20-11-14(15,16)17/h12-13,18H,3-11H2,1-2H3. The Labute approximate surface area is 119 Å². The Morgan fingerprint density at radius 3 is 2.65 bits per heavy atom. The maximum atomic E-state index is 11.9. The van der Waals surface area contributed by atoms with E-state index in [2.05, 4.69) is 28.8 Å². The van der Waals surface area contributed by atoms with Crippen LogP contribution in [0.4, 0.5) is 13.2 Å². The van der Waals surface area contributed by atoms with E-state index in [-0.39, 0.29) is 6.61 Å². The van der Waals surface area contributed by atoms with Gasteiger partial charge in [-0.1, -0.05) is 20.3 Å². The molecule has 0 bridgehead atoms. The molecule has 0 aromatic heterocycles. The molecule has 1 heterocycles. The molecule has 1 rings (SSSR count). The number of piperidine rings is 1. The highest BCUT2D eigenvalue weighted by atomic mass is 19.4. The van der Waals surface area contributed by atoms with Gasteiger partial charge in [0.1, 0.15) is 6.61 Å². The van der Waals surface area contributed by atoms with E-state index in [9.17, 15) is 13.2 Å². The second kappa shape index (κ2) is 8.85. The van der Waals surface area contributed by atoms with Crippen molar-refractivity contribution < 1.29 is 17.9 Å². The normalized spacial score (nSPS) is 25.1. The summed E-state index contributed by atoms with van der Waals surface area (Å²) in [6.07, 6.45) is -1.29. The number of likely N-dealkylation sites (tertiary alicyclic amines) is 1. The van der Waals surface area contributed by atoms with E-state index in [4.69, 9.17) is 0 Å². The molecule has 0 radical (unpaired) electrons. The van der Waals surface area contributed by atoms with Crippen LogP contribution in [-0.4, -0.2) is 56.5 Å². The molecule has 1 aliphatic heterocycles. The van der Waals surface area contributed by atoms with Gasteiger partial charge in [-0.15, -0.1) is 0 Å². The minimum Gasteiger partial charge on any atom is -0.372 e. The van der Waals surface area contributed by atoms with E-state index in [1.165, 1.54) is 0 Å². The lowest BCUT2D eigenvalue weighted by atomic mass is 9.90. The van der Waals surface area contributed by atoms with E-state index in [0.717, 1.165) is 39.0 Å². The molecule has 0 aromatic carbocycles. The smallest absolute Gasteiger partial charge is 0.372 e. The van der Waals surface area contributed by atoms with Gasteiger partial charge in [0.15, 0.2) is 0 Å². The van der Waals surface area contributed by atoms with Crippen molar-refractivity contribution in [2.45, 2.75) is 45.3 Å². The third kappa shape index (κ3) is 6.90. The van der Waals surface area contributed by atoms with Crippen LogP contribution in [0, 0.1) is 5.92 Å². The molecule has 0 amide bonds. The zero-order valence-electron chi connectivity index (χ0n) is 12.5. The SMILES string of the molecule is CCNC1CCN(CCCOCC(F)(F)F)CC1CC. The quantitative estimate of drug-likeness (QED) is 0.697. The number of nitrogens with one attached hydrogen (secondary N) is 1. The van der Waals surface area contributed by atoms with Gasteiger partial charge in [0.05, 0.1) is 0 Å². The number of nitrogens with zero attached hydrogens (tertiary/aromatic N) is 1. The van der Waals surface area contributed by atoms with Crippen LogP contribution in [0.5, 0.6) is 0 Å². The Bertz CT molecular complexity index is 261. The van der Waals surface area contributed by atoms with Gasteiger partial charge >= 0.3 is 6.18 Å². The summed E-state index contributed by atoms with van der Waals surface area (Å²) in [7, 11) is 0. The third-order valence-electron chi connectivity index (χ3n) is 3.84. The van der Waals surface area contributed by atoms with Crippen molar-refractivity contribution in [3.05, 3.63) is 0 Å². The molecule has 0 aliphatic carbocycles. The van der Waals surface area contributed by atoms with Crippen molar-refractivity contribution in [1.82, 2.24) is 10.2 Å². The average molecular weight is 296 g/mol. The van der Waals surface area contributed by atoms with E-state index in [1.54, 1.807) is 0 Å². The van der Waals surface area contributed by atoms with Gasteiger partial charge in [0.2, 0.25) is 0 Å². The molecule has 1 N–H and O–H groups in total. The summed E-state index contributed by atoms with van der Waals surface area (Å²) in [6, 6.07) is 0.586. The van der Waals surface area contributed by atoms with Crippen molar-refractivity contribution in [2.75, 3.05) is 39.4 Å². The number of hydrogen-bond donors (Lipinski definition) is 1. The first kappa shape index (κ1) is 17.7. The Balaban J connectivity index is 2.16. The lowest BCUT2D eigenvalue weighted by molar-refractivity contribution is -0.174. The van der Waals surface area contributed by atoms with Crippen LogP contribution in [0.25, 0.3) is 0 Å². The molecule has 2 atom stereocenters. The maximum Gasteiger partial charge on any atom is 0.411 e. The minimum atomic E-state index is -4.21. The summed E-state index contributed by atoms with van der Waals surface area (Å²) in [5.74, 6) is 0.639. The van der Waals surface area contributed by atoms with Crippen molar-refractivity contribution in [3.8, 4) is 0 Å². The Morgan fingerprint density at radius 1 is 1.30 bits per heavy atom. The number of ether oxygens (including phenoxy) is 1. The largest absolute Gasteiger partial charge is 0.411 e. The first-order valence-corrected chi connectivity index (χ1v) is 7.56. The van der Waals surface area contributed by atoms with Gasteiger partial charge in [0, 0.05) is 25.7 Å². The lowest BCUT2D eigenvalue weighted by Gasteiger charge is -2.38. The molecule has 20 heavy (non-hydrogen) atoms. The first-order chi connectivity index (χ1) is 9.46. The molecule has 1 aliphatic rings. The highest BCUT2D eigenvalue weighted by molar-refractivity contribution is 4.84. The number of alkyl halides is 3. The second-order valence-electron chi connectivity index (χ2n) is 5.44. The Kier molecular flexibility index (Phi) is 7.84. The fourth-order valence-electron chi connectivity index (χ4n) is 2.83. The molecule has 0 aromatic rings. The van der Waals surface area contributed by atoms with Crippen LogP contribution in [0.1, 0.15) is 33.1 Å². The van der Waals surface area contributed by atoms with Gasteiger partial charge in [-0.05, 0) is 31.8 Å². The summed E-state index contributed by atoms with van der Waals surface area (Å²) in [5, 5.41) is 3.52. The molecule has 0 spiro atoms. The number of halogens is 3. The Hall–Kier alpha value is -0.330. The number of rotatable bonds is 8. The van der Waals surface area contributed by atoms with E-state index < -0.39 is 12.8 Å². The first-order valence-electron chi connectivity index (χ1n) is 7.56. The summed E-state index contributed by atoms with van der Waals surface area (Å²) in [5.41, 5.74) is 0. The van der Waals surface area contributed by atoms with E-state index in [0.29, 0.717) is 18.4 Å². The topological polar surface area (TPSA) is 24.5 Å². The zero-order chi connectivity index (χ0) is 15.0. The van der Waals surface area contributed by atoms with Crippen molar-refractivity contribution in [2.24, 2.45) is 5.92 Å². The summed E-state index contributed by atoms with van der Waals surface area (Å²) >= 11 is 0. The monoisotopic (exact) mass is 296 g/mol. The van der Waals surface area contributed by atoms with Gasteiger partial charge in [0.25, 0.3) is 0 Å². The molecule has 1 saturated heterocycles. The molecule has 3 nitrogen and oxygen atoms in total. The van der Waals surface area contributed by atoms with Crippen molar-refractivity contribution in [3.63, 3.8) is 0 Å². The molecular weight excluding hydrogens is 269 g/mol. The highest BCUT2D eigenvalue weighted by Gasteiger charge is 2.28. The second-order valence-corrected chi connectivity index (χ2v) is 5.44. The fourth-order valence-corrected chi connectivity index (χ4v) is 2.83. The molecular formula is C14H27F3N2O. The molecule has 120 valence electrons. The predicted octanol–water partition coefficient (Wildman–Crippen LogP) is 2.67. The van der Waals surface area contributed by atoms with Crippen LogP contribution in [-0.2, 0) is 4.74 Å². The molecule has 1 fully saturated rings. The molecule has 6 heteroatoms. The molecule has 2 unspecified atom stereocenters. The molecule has 0 saturated carbocycles. The van der Waals surface area contributed by atoms with Gasteiger partial charge in [-0.3, -0.25) is 0 Å². The van der Waals surface area contributed by atoms with Crippen LogP contribution < -0.4 is 5.32 Å². The van der Waals surface area contributed by atoms with Crippen LogP contribution in [0.2, 0.25) is 0 Å². The summed E-state index contributed by atoms with van der Waals surface area (Å²) < 4.78 is 40.4. The van der Waals surface area contributed by atoms with E-state index >= 15 is 0 Å². The Morgan fingerprint density at radius 2 is 2.05 bits per heavy atom. The average Bonchev–Trinajstić information content (AvgIpc) is 2.38. The van der Waals surface area contributed by atoms with Gasteiger partial charge in [-0.2, -0.15) is 13.2 Å². The van der Waals surface area contributed by atoms with E-state index in [1.807, 2.05) is 0 Å². The summed E-state index contributed by atoms with van der Waals surface area (Å²) in [4.78, 5) is 2.35. The zero-order valence-corrected chi connectivity index (χ0v) is 12.5. The van der Waals surface area contributed by atoms with Crippen LogP contribution >= 0.6 is 0 Å². The van der Waals surface area contributed by atoms with Crippen LogP contribution in [0.3, 0.4) is 0 Å².